The molecule has 0 bridgehead atoms. The monoisotopic (exact) mass is 245 g/mol. The average molecular weight is 245 g/mol. The maximum Gasteiger partial charge on any atom is 0.410 e. The molecule has 0 saturated carbocycles. The summed E-state index contributed by atoms with van der Waals surface area (Å²) in [4.78, 5) is 13.7. The summed E-state index contributed by atoms with van der Waals surface area (Å²) in [7, 11) is 0. The molecule has 1 aliphatic rings. The summed E-state index contributed by atoms with van der Waals surface area (Å²) in [6.07, 6.45) is 1.70. The second-order valence-corrected chi connectivity index (χ2v) is 4.82. The summed E-state index contributed by atoms with van der Waals surface area (Å²) in [6, 6.07) is 9.73. The van der Waals surface area contributed by atoms with Crippen LogP contribution in [0.5, 0.6) is 0 Å². The van der Waals surface area contributed by atoms with Crippen molar-refractivity contribution in [3.05, 3.63) is 48.6 Å². The van der Waals surface area contributed by atoms with E-state index in [-0.39, 0.29) is 6.09 Å². The summed E-state index contributed by atoms with van der Waals surface area (Å²) in [5.41, 5.74) is 1.01. The average Bonchev–Trinajstić information content (AvgIpc) is 2.78. The lowest BCUT2D eigenvalue weighted by molar-refractivity contribution is 0.103. The van der Waals surface area contributed by atoms with Gasteiger partial charge in [0, 0.05) is 13.1 Å². The molecule has 1 heterocycles. The van der Waals surface area contributed by atoms with Gasteiger partial charge in [-0.2, -0.15) is 0 Å². The van der Waals surface area contributed by atoms with E-state index in [2.05, 4.69) is 13.5 Å². The lowest BCUT2D eigenvalue weighted by Crippen LogP contribution is -2.29. The molecule has 0 aromatic heterocycles. The molecule has 0 spiro atoms. The van der Waals surface area contributed by atoms with Crippen molar-refractivity contribution in [2.24, 2.45) is 11.8 Å². The van der Waals surface area contributed by atoms with Gasteiger partial charge in [-0.1, -0.05) is 43.3 Å². The number of ether oxygens (including phenoxy) is 1. The predicted octanol–water partition coefficient (Wildman–Crippen LogP) is 3.08. The first kappa shape index (κ1) is 12.7. The number of carbonyl (C=O) groups excluding carboxylic acids is 1. The number of hydrogen-bond acceptors (Lipinski definition) is 2. The maximum absolute atomic E-state index is 11.9. The smallest absolute Gasteiger partial charge is 0.410 e. The van der Waals surface area contributed by atoms with Crippen LogP contribution in [0.15, 0.2) is 43.0 Å². The van der Waals surface area contributed by atoms with E-state index < -0.39 is 0 Å². The number of amides is 1. The molecule has 1 aromatic rings. The number of benzene rings is 1. The molecule has 18 heavy (non-hydrogen) atoms. The number of rotatable bonds is 3. The Morgan fingerprint density at radius 1 is 1.44 bits per heavy atom. The van der Waals surface area contributed by atoms with Crippen LogP contribution in [0.2, 0.25) is 0 Å². The van der Waals surface area contributed by atoms with Gasteiger partial charge in [0.15, 0.2) is 0 Å². The van der Waals surface area contributed by atoms with Gasteiger partial charge in [0.25, 0.3) is 0 Å². The molecule has 0 N–H and O–H groups in total. The molecule has 2 atom stereocenters. The highest BCUT2D eigenvalue weighted by atomic mass is 16.6. The van der Waals surface area contributed by atoms with Gasteiger partial charge in [-0.3, -0.25) is 0 Å². The predicted molar refractivity (Wildman–Crippen MR) is 71.1 cm³/mol. The van der Waals surface area contributed by atoms with E-state index in [1.54, 1.807) is 4.90 Å². The fourth-order valence-corrected chi connectivity index (χ4v) is 2.26. The molecule has 1 aromatic carbocycles. The molecule has 1 aliphatic heterocycles. The molecular formula is C15H19NO2. The minimum atomic E-state index is -0.227. The van der Waals surface area contributed by atoms with Gasteiger partial charge in [-0.05, 0) is 17.4 Å². The van der Waals surface area contributed by atoms with E-state index in [0.717, 1.165) is 18.7 Å². The third kappa shape index (κ3) is 2.92. The second kappa shape index (κ2) is 5.71. The lowest BCUT2D eigenvalue weighted by Gasteiger charge is -2.15. The quantitative estimate of drug-likeness (QED) is 0.766. The molecular weight excluding hydrogens is 226 g/mol. The molecule has 3 nitrogen and oxygen atoms in total. The van der Waals surface area contributed by atoms with E-state index >= 15 is 0 Å². The van der Waals surface area contributed by atoms with Crippen LogP contribution in [0, 0.1) is 11.8 Å². The fraction of sp³-hybridized carbons (Fsp3) is 0.400. The van der Waals surface area contributed by atoms with E-state index in [1.165, 1.54) is 0 Å². The van der Waals surface area contributed by atoms with E-state index in [1.807, 2.05) is 36.4 Å². The first-order chi connectivity index (χ1) is 8.70. The Bertz CT molecular complexity index is 416. The van der Waals surface area contributed by atoms with Crippen molar-refractivity contribution in [2.45, 2.75) is 13.5 Å². The Morgan fingerprint density at radius 3 is 2.78 bits per heavy atom. The van der Waals surface area contributed by atoms with Crippen LogP contribution in [0.3, 0.4) is 0 Å². The zero-order chi connectivity index (χ0) is 13.0. The van der Waals surface area contributed by atoms with Crippen molar-refractivity contribution in [2.75, 3.05) is 13.1 Å². The lowest BCUT2D eigenvalue weighted by atomic mass is 9.99. The van der Waals surface area contributed by atoms with Crippen LogP contribution >= 0.6 is 0 Å². The summed E-state index contributed by atoms with van der Waals surface area (Å²) in [5, 5.41) is 0. The minimum Gasteiger partial charge on any atom is -0.445 e. The molecule has 2 rings (SSSR count). The molecule has 96 valence electrons. The molecule has 3 heteroatoms. The van der Waals surface area contributed by atoms with E-state index in [0.29, 0.717) is 18.4 Å². The summed E-state index contributed by atoms with van der Waals surface area (Å²) in [5.74, 6) is 0.848. The molecule has 1 saturated heterocycles. The van der Waals surface area contributed by atoms with Crippen molar-refractivity contribution in [3.8, 4) is 0 Å². The van der Waals surface area contributed by atoms with Gasteiger partial charge in [0.05, 0.1) is 0 Å². The Hall–Kier alpha value is -1.77. The number of hydrogen-bond donors (Lipinski definition) is 0. The SMILES string of the molecule is C=C[C@H]1CN(C(=O)OCc2ccccc2)C[C@H]1C. The first-order valence-corrected chi connectivity index (χ1v) is 6.29. The van der Waals surface area contributed by atoms with Crippen molar-refractivity contribution in [3.63, 3.8) is 0 Å². The maximum atomic E-state index is 11.9. The van der Waals surface area contributed by atoms with Crippen molar-refractivity contribution < 1.29 is 9.53 Å². The standard InChI is InChI=1S/C15H19NO2/c1-3-14-10-16(9-12(14)2)15(17)18-11-13-7-5-4-6-8-13/h3-8,12,14H,1,9-11H2,2H3/t12-,14+/m1/s1. The highest BCUT2D eigenvalue weighted by molar-refractivity contribution is 5.68. The summed E-state index contributed by atoms with van der Waals surface area (Å²) < 4.78 is 5.31. The summed E-state index contributed by atoms with van der Waals surface area (Å²) in [6.45, 7) is 7.75. The molecule has 1 fully saturated rings. The molecule has 0 unspecified atom stereocenters. The van der Waals surface area contributed by atoms with Crippen LogP contribution in [-0.2, 0) is 11.3 Å². The highest BCUT2D eigenvalue weighted by Gasteiger charge is 2.31. The zero-order valence-electron chi connectivity index (χ0n) is 10.7. The van der Waals surface area contributed by atoms with Crippen LogP contribution < -0.4 is 0 Å². The highest BCUT2D eigenvalue weighted by Crippen LogP contribution is 2.24. The normalized spacial score (nSPS) is 22.8. The molecule has 0 radical (unpaired) electrons. The Morgan fingerprint density at radius 2 is 2.17 bits per heavy atom. The van der Waals surface area contributed by atoms with Crippen molar-refractivity contribution in [1.29, 1.82) is 0 Å². The third-order valence-electron chi connectivity index (χ3n) is 3.44. The number of carbonyl (C=O) groups is 1. The molecule has 0 aliphatic carbocycles. The second-order valence-electron chi connectivity index (χ2n) is 4.82. The van der Waals surface area contributed by atoms with Crippen LogP contribution in [0.1, 0.15) is 12.5 Å². The van der Waals surface area contributed by atoms with Gasteiger partial charge < -0.3 is 9.64 Å². The van der Waals surface area contributed by atoms with Gasteiger partial charge in [0.2, 0.25) is 0 Å². The van der Waals surface area contributed by atoms with Crippen molar-refractivity contribution in [1.82, 2.24) is 4.90 Å². The van der Waals surface area contributed by atoms with Gasteiger partial charge in [-0.25, -0.2) is 4.79 Å². The van der Waals surface area contributed by atoms with E-state index in [4.69, 9.17) is 4.74 Å². The molecule has 1 amide bonds. The summed E-state index contributed by atoms with van der Waals surface area (Å²) >= 11 is 0. The number of nitrogens with zero attached hydrogens (tertiary/aromatic N) is 1. The van der Waals surface area contributed by atoms with Crippen LogP contribution in [-0.4, -0.2) is 24.1 Å². The minimum absolute atomic E-state index is 0.227. The largest absolute Gasteiger partial charge is 0.445 e. The Balaban J connectivity index is 1.84. The first-order valence-electron chi connectivity index (χ1n) is 6.29. The number of likely N-dealkylation sites (tertiary alicyclic amines) is 1. The van der Waals surface area contributed by atoms with Crippen LogP contribution in [0.4, 0.5) is 4.79 Å². The topological polar surface area (TPSA) is 29.5 Å². The zero-order valence-corrected chi connectivity index (χ0v) is 10.7. The Kier molecular flexibility index (Phi) is 4.03. The van der Waals surface area contributed by atoms with E-state index in [9.17, 15) is 4.79 Å². The van der Waals surface area contributed by atoms with Gasteiger partial charge >= 0.3 is 6.09 Å². The Labute approximate surface area is 108 Å². The van der Waals surface area contributed by atoms with Gasteiger partial charge in [-0.15, -0.1) is 6.58 Å². The third-order valence-corrected chi connectivity index (χ3v) is 3.44. The fourth-order valence-electron chi connectivity index (χ4n) is 2.26. The van der Waals surface area contributed by atoms with Crippen LogP contribution in [0.25, 0.3) is 0 Å². The van der Waals surface area contributed by atoms with Gasteiger partial charge in [0.1, 0.15) is 6.61 Å². The van der Waals surface area contributed by atoms with Crippen molar-refractivity contribution >= 4 is 6.09 Å².